The number of halogens is 1. The van der Waals surface area contributed by atoms with E-state index < -0.39 is 19.3 Å². The van der Waals surface area contributed by atoms with E-state index in [4.69, 9.17) is 16.0 Å². The number of hydrogen-bond donors (Lipinski definition) is 0. The number of carbonyl (C=O) groups is 2. The summed E-state index contributed by atoms with van der Waals surface area (Å²) >= 11 is 6.20. The zero-order chi connectivity index (χ0) is 21.0. The zero-order valence-electron chi connectivity index (χ0n) is 17.9. The van der Waals surface area contributed by atoms with E-state index in [1.54, 1.807) is 0 Å². The molecular weight excluding hydrogens is 402 g/mol. The van der Waals surface area contributed by atoms with E-state index in [-0.39, 0.29) is 17.6 Å². The van der Waals surface area contributed by atoms with Crippen LogP contribution >= 0.6 is 11.6 Å². The van der Waals surface area contributed by atoms with Gasteiger partial charge in [0.1, 0.15) is 0 Å². The molecule has 4 rings (SSSR count). The first-order valence-corrected chi connectivity index (χ1v) is 15.4. The Morgan fingerprint density at radius 3 is 2.72 bits per heavy atom. The van der Waals surface area contributed by atoms with Crippen LogP contribution in [0.25, 0.3) is 0 Å². The Morgan fingerprint density at radius 1 is 1.28 bits per heavy atom. The van der Waals surface area contributed by atoms with E-state index >= 15 is 0 Å². The molecule has 4 aliphatic rings. The van der Waals surface area contributed by atoms with Gasteiger partial charge in [0.05, 0.1) is 0 Å². The summed E-state index contributed by atoms with van der Waals surface area (Å²) in [7, 11) is -2.50. The van der Waals surface area contributed by atoms with Crippen LogP contribution in [0, 0.1) is 40.4 Å². The van der Waals surface area contributed by atoms with Crippen LogP contribution in [0.2, 0.25) is 13.1 Å². The van der Waals surface area contributed by atoms with Crippen molar-refractivity contribution in [2.75, 3.05) is 5.50 Å². The Balaban J connectivity index is 1.71. The second kappa shape index (κ2) is 7.32. The molecule has 29 heavy (non-hydrogen) atoms. The van der Waals surface area contributed by atoms with Gasteiger partial charge in [-0.2, -0.15) is 0 Å². The van der Waals surface area contributed by atoms with Gasteiger partial charge in [-0.1, -0.05) is 0 Å². The molecule has 0 N–H and O–H groups in total. The molecule has 0 aliphatic heterocycles. The Bertz CT molecular complexity index is 802. The number of rotatable bonds is 3. The Morgan fingerprint density at radius 2 is 2.03 bits per heavy atom. The third-order valence-electron chi connectivity index (χ3n) is 8.47. The molecule has 160 valence electrons. The van der Waals surface area contributed by atoms with Crippen molar-refractivity contribution in [3.63, 3.8) is 0 Å². The van der Waals surface area contributed by atoms with Gasteiger partial charge in [-0.25, -0.2) is 0 Å². The Kier molecular flexibility index (Phi) is 5.37. The molecule has 6 heteroatoms. The number of ketones is 2. The van der Waals surface area contributed by atoms with Gasteiger partial charge in [-0.15, -0.1) is 0 Å². The summed E-state index contributed by atoms with van der Waals surface area (Å²) in [5, 5.41) is 10.3. The molecule has 0 radical (unpaired) electrons. The fraction of sp³-hybridized carbons (Fsp3) is 0.783. The molecule has 0 saturated heterocycles. The molecule has 3 saturated carbocycles. The fourth-order valence-electron chi connectivity index (χ4n) is 7.12. The van der Waals surface area contributed by atoms with Gasteiger partial charge >= 0.3 is 180 Å². The number of nitrogens with zero attached hydrogens (tertiary/aromatic N) is 1. The summed E-state index contributed by atoms with van der Waals surface area (Å²) in [6.45, 7) is 6.31. The van der Waals surface area contributed by atoms with Crippen LogP contribution in [0.15, 0.2) is 11.6 Å². The molecule has 0 aromatic rings. The third kappa shape index (κ3) is 3.36. The Labute approximate surface area is 180 Å². The van der Waals surface area contributed by atoms with Gasteiger partial charge in [-0.3, -0.25) is 0 Å². The quantitative estimate of drug-likeness (QED) is 0.477. The molecule has 0 amide bonds. The topological polar surface area (TPSA) is 67.2 Å². The van der Waals surface area contributed by atoms with Gasteiger partial charge in [0.15, 0.2) is 0 Å². The fourth-order valence-corrected chi connectivity index (χ4v) is 8.90. The normalized spacial score (nSPS) is 42.8. The van der Waals surface area contributed by atoms with Crippen LogP contribution in [-0.2, 0) is 14.0 Å². The van der Waals surface area contributed by atoms with Crippen molar-refractivity contribution >= 4 is 31.5 Å². The van der Waals surface area contributed by atoms with E-state index in [0.29, 0.717) is 42.4 Å². The van der Waals surface area contributed by atoms with Crippen molar-refractivity contribution < 1.29 is 14.0 Å². The van der Waals surface area contributed by atoms with Gasteiger partial charge in [0.25, 0.3) is 0 Å². The van der Waals surface area contributed by atoms with Gasteiger partial charge < -0.3 is 0 Å². The number of nitriles is 1. The van der Waals surface area contributed by atoms with Crippen LogP contribution in [0.3, 0.4) is 0 Å². The SMILES string of the molecule is C[C@]12CC(=O)C3[C@@H]4CCC(=O)C=C(CC[C@H]3[C@@H]1CC[C@@]2(C#N)O[SiH-](C)(C)CCl)C4. The first kappa shape index (κ1) is 21.3. The summed E-state index contributed by atoms with van der Waals surface area (Å²) in [5.41, 5.74) is 0.373. The predicted molar refractivity (Wildman–Crippen MR) is 116 cm³/mol. The Hall–Kier alpha value is -0.963. The second-order valence-corrected chi connectivity index (χ2v) is 16.5. The van der Waals surface area contributed by atoms with E-state index in [9.17, 15) is 14.9 Å². The van der Waals surface area contributed by atoms with Gasteiger partial charge in [-0.05, 0) is 0 Å². The van der Waals surface area contributed by atoms with Crippen molar-refractivity contribution in [1.82, 2.24) is 0 Å². The molecular formula is C23H33ClNO3Si-. The molecule has 0 heterocycles. The molecule has 0 aromatic heterocycles. The van der Waals surface area contributed by atoms with Crippen molar-refractivity contribution in [1.29, 1.82) is 5.26 Å². The standard InChI is InChI=1S/C23H33ClNO3Si/c1-22-12-20(27)21-16-5-6-17(26)11-15(10-16)4-7-18(21)19(22)8-9-23(22,13-25)28-29(2,3)14-24/h11,16,18-19,21,29H,4-10,12,14H2,1-3H3/q-1/t16-,18+,19+,21?,22+,23+/m1/s1. The van der Waals surface area contributed by atoms with Crippen LogP contribution < -0.4 is 0 Å². The summed E-state index contributed by atoms with van der Waals surface area (Å²) < 4.78 is 6.60. The average Bonchev–Trinajstić information content (AvgIpc) is 2.81. The molecule has 1 unspecified atom stereocenters. The zero-order valence-corrected chi connectivity index (χ0v) is 19.8. The first-order valence-electron chi connectivity index (χ1n) is 11.3. The molecule has 0 spiro atoms. The van der Waals surface area contributed by atoms with E-state index in [2.05, 4.69) is 26.1 Å². The summed E-state index contributed by atoms with van der Waals surface area (Å²) in [6, 6.07) is 2.55. The van der Waals surface area contributed by atoms with Crippen molar-refractivity contribution in [3.05, 3.63) is 11.6 Å². The number of alkyl halides is 1. The summed E-state index contributed by atoms with van der Waals surface area (Å²) in [5.74, 6) is 1.47. The van der Waals surface area contributed by atoms with Crippen LogP contribution in [0.5, 0.6) is 0 Å². The van der Waals surface area contributed by atoms with Crippen LogP contribution in [0.1, 0.15) is 58.3 Å². The molecule has 4 nitrogen and oxygen atoms in total. The molecule has 3 fully saturated rings. The first-order chi connectivity index (χ1) is 13.6. The molecule has 6 atom stereocenters. The monoisotopic (exact) mass is 434 g/mol. The second-order valence-electron chi connectivity index (χ2n) is 10.9. The van der Waals surface area contributed by atoms with Crippen LogP contribution in [0.4, 0.5) is 0 Å². The molecule has 0 aromatic carbocycles. The van der Waals surface area contributed by atoms with E-state index in [1.807, 2.05) is 6.08 Å². The minimum atomic E-state index is -2.50. The van der Waals surface area contributed by atoms with Crippen molar-refractivity contribution in [2.24, 2.45) is 29.1 Å². The van der Waals surface area contributed by atoms with E-state index in [0.717, 1.165) is 32.1 Å². The minimum absolute atomic E-state index is 0.0418. The number of fused-ring (bicyclic) bond motifs is 6. The van der Waals surface area contributed by atoms with Crippen LogP contribution in [-0.4, -0.2) is 31.0 Å². The maximum atomic E-state index is 13.6. The number of carbonyl (C=O) groups excluding carboxylic acids is 2. The number of hydrogen-bond acceptors (Lipinski definition) is 4. The van der Waals surface area contributed by atoms with Gasteiger partial charge in [0, 0.05) is 0 Å². The number of Topliss-reactive ketones (excluding diaryl/α,β-unsaturated/α-hetero) is 1. The molecule has 4 aliphatic carbocycles. The van der Waals surface area contributed by atoms with Crippen molar-refractivity contribution in [2.45, 2.75) is 77.0 Å². The van der Waals surface area contributed by atoms with Gasteiger partial charge in [0.2, 0.25) is 0 Å². The maximum absolute atomic E-state index is 13.6. The average molecular weight is 435 g/mol. The van der Waals surface area contributed by atoms with E-state index in [1.165, 1.54) is 5.57 Å². The third-order valence-corrected chi connectivity index (χ3v) is 12.5. The summed E-state index contributed by atoms with van der Waals surface area (Å²) in [6.07, 6.45) is 8.07. The van der Waals surface area contributed by atoms with Crippen molar-refractivity contribution in [3.8, 4) is 6.07 Å². The number of allylic oxidation sites excluding steroid dienone is 2. The molecule has 2 bridgehead atoms. The predicted octanol–water partition coefficient (Wildman–Crippen LogP) is 4.69. The summed E-state index contributed by atoms with van der Waals surface area (Å²) in [4.78, 5) is 25.7.